The molecule has 15 heavy (non-hydrogen) atoms. The number of nitrogens with two attached hydrogens (primary N) is 1. The molecule has 2 rings (SSSR count). The largest absolute Gasteiger partial charge is 0.327 e. The lowest BCUT2D eigenvalue weighted by Gasteiger charge is -2.06. The average Bonchev–Trinajstić information content (AvgIpc) is 2.68. The van der Waals surface area contributed by atoms with Crippen LogP contribution < -0.4 is 5.73 Å². The lowest BCUT2D eigenvalue weighted by atomic mass is 10.0. The van der Waals surface area contributed by atoms with Crippen LogP contribution in [-0.4, -0.2) is 6.04 Å². The molecule has 1 saturated carbocycles. The van der Waals surface area contributed by atoms with Gasteiger partial charge in [0.05, 0.1) is 11.6 Å². The van der Waals surface area contributed by atoms with Gasteiger partial charge in [0.1, 0.15) is 0 Å². The number of rotatable bonds is 1. The summed E-state index contributed by atoms with van der Waals surface area (Å²) in [6.45, 7) is 4.32. The van der Waals surface area contributed by atoms with Crippen LogP contribution in [0, 0.1) is 16.7 Å². The molecular formula is C12H13BrN2. The predicted octanol–water partition coefficient (Wildman–Crippen LogP) is 2.77. The Morgan fingerprint density at radius 3 is 2.53 bits per heavy atom. The first-order valence-corrected chi connectivity index (χ1v) is 5.73. The van der Waals surface area contributed by atoms with Crippen LogP contribution in [0.5, 0.6) is 0 Å². The second-order valence-corrected chi connectivity index (χ2v) is 5.53. The minimum absolute atomic E-state index is 0.149. The smallest absolute Gasteiger partial charge is 0.0991 e. The highest BCUT2D eigenvalue weighted by molar-refractivity contribution is 9.10. The zero-order valence-electron chi connectivity index (χ0n) is 8.79. The third-order valence-electron chi connectivity index (χ3n) is 3.37. The molecule has 1 aliphatic rings. The van der Waals surface area contributed by atoms with Crippen molar-refractivity contribution in [3.63, 3.8) is 0 Å². The maximum absolute atomic E-state index is 8.85. The zero-order chi connectivity index (χ0) is 11.2. The summed E-state index contributed by atoms with van der Waals surface area (Å²) in [6, 6.07) is 8.03. The number of halogens is 1. The summed E-state index contributed by atoms with van der Waals surface area (Å²) in [7, 11) is 0. The Bertz CT molecular complexity index is 445. The van der Waals surface area contributed by atoms with E-state index in [4.69, 9.17) is 11.0 Å². The van der Waals surface area contributed by atoms with Crippen LogP contribution in [-0.2, 0) is 0 Å². The van der Waals surface area contributed by atoms with Crippen LogP contribution in [0.25, 0.3) is 0 Å². The summed E-state index contributed by atoms with van der Waals surface area (Å²) < 4.78 is 1.05. The molecule has 2 nitrogen and oxygen atoms in total. The Kier molecular flexibility index (Phi) is 2.37. The van der Waals surface area contributed by atoms with Crippen molar-refractivity contribution in [1.29, 1.82) is 5.26 Å². The van der Waals surface area contributed by atoms with E-state index in [9.17, 15) is 0 Å². The van der Waals surface area contributed by atoms with Crippen molar-refractivity contribution in [2.24, 2.45) is 11.1 Å². The van der Waals surface area contributed by atoms with Crippen LogP contribution in [0.1, 0.15) is 30.9 Å². The first-order valence-electron chi connectivity index (χ1n) is 4.93. The highest BCUT2D eigenvalue weighted by atomic mass is 79.9. The summed E-state index contributed by atoms with van der Waals surface area (Å²) in [4.78, 5) is 0. The zero-order valence-corrected chi connectivity index (χ0v) is 10.4. The van der Waals surface area contributed by atoms with Gasteiger partial charge < -0.3 is 5.73 Å². The van der Waals surface area contributed by atoms with Crippen LogP contribution in [0.4, 0.5) is 0 Å². The summed E-state index contributed by atoms with van der Waals surface area (Å²) >= 11 is 3.51. The van der Waals surface area contributed by atoms with Crippen LogP contribution in [0.2, 0.25) is 0 Å². The van der Waals surface area contributed by atoms with E-state index >= 15 is 0 Å². The van der Waals surface area contributed by atoms with E-state index < -0.39 is 0 Å². The normalized spacial score (nSPS) is 27.1. The van der Waals surface area contributed by atoms with Crippen LogP contribution in [0.3, 0.4) is 0 Å². The van der Waals surface area contributed by atoms with E-state index in [1.165, 1.54) is 0 Å². The molecule has 0 heterocycles. The molecule has 1 fully saturated rings. The van der Waals surface area contributed by atoms with Gasteiger partial charge in [-0.3, -0.25) is 0 Å². The molecule has 1 aliphatic carbocycles. The molecule has 1 aromatic rings. The molecule has 3 heteroatoms. The third kappa shape index (κ3) is 1.58. The molecule has 0 bridgehead atoms. The van der Waals surface area contributed by atoms with Crippen molar-refractivity contribution in [1.82, 2.24) is 0 Å². The molecule has 2 N–H and O–H groups in total. The maximum atomic E-state index is 8.85. The average molecular weight is 265 g/mol. The standard InChI is InChI=1S/C12H13BrN2/c1-12(2)10(11(12)15)8-5-7(6-14)3-4-9(8)13/h3-5,10-11H,15H2,1-2H3/t10-,11-/m0/s1. The predicted molar refractivity (Wildman–Crippen MR) is 63.4 cm³/mol. The van der Waals surface area contributed by atoms with E-state index in [0.29, 0.717) is 11.5 Å². The van der Waals surface area contributed by atoms with Crippen molar-refractivity contribution >= 4 is 15.9 Å². The Morgan fingerprint density at radius 2 is 2.07 bits per heavy atom. The first-order chi connectivity index (χ1) is 6.98. The molecule has 1 aromatic carbocycles. The molecule has 0 spiro atoms. The SMILES string of the molecule is CC1(C)[C@@H](N)[C@@H]1c1cc(C#N)ccc1Br. The number of benzene rings is 1. The van der Waals surface area contributed by atoms with Gasteiger partial charge in [0.2, 0.25) is 0 Å². The Labute approximate surface area is 98.2 Å². The fourth-order valence-electron chi connectivity index (χ4n) is 2.12. The van der Waals surface area contributed by atoms with Gasteiger partial charge in [-0.25, -0.2) is 0 Å². The number of nitriles is 1. The Morgan fingerprint density at radius 1 is 1.47 bits per heavy atom. The van der Waals surface area contributed by atoms with Gasteiger partial charge in [0.25, 0.3) is 0 Å². The van der Waals surface area contributed by atoms with Gasteiger partial charge in [0, 0.05) is 16.4 Å². The highest BCUT2D eigenvalue weighted by Crippen LogP contribution is 2.58. The summed E-state index contributed by atoms with van der Waals surface area (Å²) in [5.41, 5.74) is 8.04. The lowest BCUT2D eigenvalue weighted by molar-refractivity contribution is 0.598. The number of nitrogens with zero attached hydrogens (tertiary/aromatic N) is 1. The second kappa shape index (κ2) is 3.33. The molecule has 0 amide bonds. The molecule has 0 aromatic heterocycles. The number of hydrogen-bond donors (Lipinski definition) is 1. The number of hydrogen-bond acceptors (Lipinski definition) is 2. The van der Waals surface area contributed by atoms with Crippen molar-refractivity contribution in [2.45, 2.75) is 25.8 Å². The minimum Gasteiger partial charge on any atom is -0.327 e. The molecule has 0 saturated heterocycles. The van der Waals surface area contributed by atoms with Gasteiger partial charge in [-0.15, -0.1) is 0 Å². The second-order valence-electron chi connectivity index (χ2n) is 4.67. The monoisotopic (exact) mass is 264 g/mol. The molecule has 0 radical (unpaired) electrons. The van der Waals surface area contributed by atoms with Gasteiger partial charge in [-0.05, 0) is 29.2 Å². The quantitative estimate of drug-likeness (QED) is 0.848. The maximum Gasteiger partial charge on any atom is 0.0991 e. The van der Waals surface area contributed by atoms with E-state index in [0.717, 1.165) is 10.0 Å². The van der Waals surface area contributed by atoms with Gasteiger partial charge in [-0.2, -0.15) is 5.26 Å². The van der Waals surface area contributed by atoms with Gasteiger partial charge in [0.15, 0.2) is 0 Å². The van der Waals surface area contributed by atoms with Gasteiger partial charge >= 0.3 is 0 Å². The molecule has 0 unspecified atom stereocenters. The topological polar surface area (TPSA) is 49.8 Å². The summed E-state index contributed by atoms with van der Waals surface area (Å²) in [5, 5.41) is 8.85. The summed E-state index contributed by atoms with van der Waals surface area (Å²) in [5.74, 6) is 0.361. The van der Waals surface area contributed by atoms with E-state index in [-0.39, 0.29) is 11.5 Å². The van der Waals surface area contributed by atoms with E-state index in [2.05, 4.69) is 35.8 Å². The molecule has 0 aliphatic heterocycles. The van der Waals surface area contributed by atoms with Crippen LogP contribution >= 0.6 is 15.9 Å². The van der Waals surface area contributed by atoms with Crippen molar-refractivity contribution in [2.75, 3.05) is 0 Å². The Hall–Kier alpha value is -0.850. The highest BCUT2D eigenvalue weighted by Gasteiger charge is 2.56. The van der Waals surface area contributed by atoms with Crippen molar-refractivity contribution in [3.05, 3.63) is 33.8 Å². The van der Waals surface area contributed by atoms with Gasteiger partial charge in [-0.1, -0.05) is 29.8 Å². The molecule has 78 valence electrons. The molecular weight excluding hydrogens is 252 g/mol. The van der Waals surface area contributed by atoms with E-state index in [1.807, 2.05) is 18.2 Å². The van der Waals surface area contributed by atoms with Crippen molar-refractivity contribution in [3.8, 4) is 6.07 Å². The molecule has 2 atom stereocenters. The summed E-state index contributed by atoms with van der Waals surface area (Å²) in [6.07, 6.45) is 0. The third-order valence-corrected chi connectivity index (χ3v) is 4.09. The fraction of sp³-hybridized carbons (Fsp3) is 0.417. The fourth-order valence-corrected chi connectivity index (χ4v) is 2.62. The first kappa shape index (κ1) is 10.7. The lowest BCUT2D eigenvalue weighted by Crippen LogP contribution is -2.06. The van der Waals surface area contributed by atoms with E-state index in [1.54, 1.807) is 0 Å². The van der Waals surface area contributed by atoms with Crippen LogP contribution in [0.15, 0.2) is 22.7 Å². The minimum atomic E-state index is 0.149. The Balaban J connectivity index is 2.42. The van der Waals surface area contributed by atoms with Crippen molar-refractivity contribution < 1.29 is 0 Å².